The van der Waals surface area contributed by atoms with Crippen LogP contribution in [0.25, 0.3) is 0 Å². The van der Waals surface area contributed by atoms with E-state index in [0.29, 0.717) is 6.42 Å². The molecular weight excluding hydrogens is 212 g/mol. The number of nitrogens with zero attached hydrogens (tertiary/aromatic N) is 1. The molecule has 0 unspecified atom stereocenters. The minimum atomic E-state index is -0.00840. The zero-order chi connectivity index (χ0) is 12.3. The Morgan fingerprint density at radius 1 is 1.24 bits per heavy atom. The number of aromatic amines is 1. The smallest absolute Gasteiger partial charge is 0.254 e. The van der Waals surface area contributed by atoms with Crippen molar-refractivity contribution >= 4 is 0 Å². The van der Waals surface area contributed by atoms with Crippen LogP contribution in [0, 0.1) is 6.92 Å². The van der Waals surface area contributed by atoms with E-state index >= 15 is 0 Å². The Kier molecular flexibility index (Phi) is 3.38. The zero-order valence-corrected chi connectivity index (χ0v) is 10.2. The van der Waals surface area contributed by atoms with E-state index in [2.05, 4.69) is 9.97 Å². The van der Waals surface area contributed by atoms with Crippen LogP contribution in [0.2, 0.25) is 0 Å². The molecule has 1 aromatic heterocycles. The van der Waals surface area contributed by atoms with Gasteiger partial charge in [0.25, 0.3) is 5.56 Å². The van der Waals surface area contributed by atoms with E-state index in [4.69, 9.17) is 0 Å². The van der Waals surface area contributed by atoms with Gasteiger partial charge >= 0.3 is 0 Å². The molecule has 0 aliphatic carbocycles. The number of aromatic nitrogens is 2. The van der Waals surface area contributed by atoms with Crippen LogP contribution in [0.3, 0.4) is 0 Å². The molecular formula is C14H16N2O. The average molecular weight is 228 g/mol. The Morgan fingerprint density at radius 3 is 2.53 bits per heavy atom. The minimum Gasteiger partial charge on any atom is -0.310 e. The molecule has 0 spiro atoms. The number of nitrogens with one attached hydrogen (secondary N) is 1. The van der Waals surface area contributed by atoms with Crippen LogP contribution in [0.1, 0.15) is 29.6 Å². The number of benzene rings is 1. The van der Waals surface area contributed by atoms with Crippen molar-refractivity contribution in [3.8, 4) is 0 Å². The Balaban J connectivity index is 2.32. The highest BCUT2D eigenvalue weighted by molar-refractivity contribution is 5.21. The molecule has 3 nitrogen and oxygen atoms in total. The zero-order valence-electron chi connectivity index (χ0n) is 10.2. The molecule has 1 N–H and O–H groups in total. The highest BCUT2D eigenvalue weighted by Crippen LogP contribution is 2.06. The van der Waals surface area contributed by atoms with Crippen molar-refractivity contribution in [1.82, 2.24) is 9.97 Å². The second kappa shape index (κ2) is 4.95. The summed E-state index contributed by atoms with van der Waals surface area (Å²) in [6, 6.07) is 10.0. The first-order chi connectivity index (χ1) is 8.20. The van der Waals surface area contributed by atoms with Crippen LogP contribution in [0.15, 0.2) is 35.1 Å². The van der Waals surface area contributed by atoms with E-state index in [0.717, 1.165) is 29.1 Å². The van der Waals surface area contributed by atoms with Crippen LogP contribution in [-0.4, -0.2) is 9.97 Å². The summed E-state index contributed by atoms with van der Waals surface area (Å²) in [4.78, 5) is 19.1. The van der Waals surface area contributed by atoms with Gasteiger partial charge in [-0.3, -0.25) is 4.79 Å². The van der Waals surface area contributed by atoms with Gasteiger partial charge in [0, 0.05) is 17.7 Å². The molecule has 0 radical (unpaired) electrons. The number of hydrogen-bond donors (Lipinski definition) is 1. The Hall–Kier alpha value is -1.90. The molecule has 88 valence electrons. The lowest BCUT2D eigenvalue weighted by Gasteiger charge is -2.05. The van der Waals surface area contributed by atoms with Gasteiger partial charge in [-0.2, -0.15) is 0 Å². The van der Waals surface area contributed by atoms with Gasteiger partial charge in [-0.05, 0) is 18.9 Å². The Morgan fingerprint density at radius 2 is 1.94 bits per heavy atom. The van der Waals surface area contributed by atoms with E-state index in [1.54, 1.807) is 0 Å². The molecule has 17 heavy (non-hydrogen) atoms. The summed E-state index contributed by atoms with van der Waals surface area (Å²) in [5.74, 6) is 0.732. The summed E-state index contributed by atoms with van der Waals surface area (Å²) in [6.45, 7) is 3.86. The molecule has 1 heterocycles. The molecule has 3 heteroatoms. The SMILES string of the molecule is CCc1c(C)nc(Cc2ccccc2)[nH]c1=O. The number of aryl methyl sites for hydroxylation is 1. The summed E-state index contributed by atoms with van der Waals surface area (Å²) >= 11 is 0. The third-order valence-corrected chi connectivity index (χ3v) is 2.84. The van der Waals surface area contributed by atoms with Crippen molar-refractivity contribution in [2.45, 2.75) is 26.7 Å². The van der Waals surface area contributed by atoms with Crippen LogP contribution in [0.5, 0.6) is 0 Å². The fraction of sp³-hybridized carbons (Fsp3) is 0.286. The molecule has 0 amide bonds. The number of H-pyrrole nitrogens is 1. The van der Waals surface area contributed by atoms with Crippen molar-refractivity contribution in [3.05, 3.63) is 63.3 Å². The second-order valence-electron chi connectivity index (χ2n) is 4.09. The van der Waals surface area contributed by atoms with Crippen molar-refractivity contribution < 1.29 is 0 Å². The van der Waals surface area contributed by atoms with E-state index in [-0.39, 0.29) is 5.56 Å². The molecule has 1 aromatic carbocycles. The number of hydrogen-bond acceptors (Lipinski definition) is 2. The summed E-state index contributed by atoms with van der Waals surface area (Å²) in [5, 5.41) is 0. The largest absolute Gasteiger partial charge is 0.310 e. The standard InChI is InChI=1S/C14H16N2O/c1-3-12-10(2)15-13(16-14(12)17)9-11-7-5-4-6-8-11/h4-8H,3,9H2,1-2H3,(H,15,16,17). The predicted octanol–water partition coefficient (Wildman–Crippen LogP) is 2.23. The highest BCUT2D eigenvalue weighted by Gasteiger charge is 2.06. The van der Waals surface area contributed by atoms with Gasteiger partial charge in [0.2, 0.25) is 0 Å². The van der Waals surface area contributed by atoms with Gasteiger partial charge in [-0.15, -0.1) is 0 Å². The maximum absolute atomic E-state index is 11.8. The summed E-state index contributed by atoms with van der Waals surface area (Å²) < 4.78 is 0. The summed E-state index contributed by atoms with van der Waals surface area (Å²) in [7, 11) is 0. The lowest BCUT2D eigenvalue weighted by Crippen LogP contribution is -2.18. The molecule has 2 rings (SSSR count). The first kappa shape index (κ1) is 11.6. The highest BCUT2D eigenvalue weighted by atomic mass is 16.1. The fourth-order valence-corrected chi connectivity index (χ4v) is 1.96. The fourth-order valence-electron chi connectivity index (χ4n) is 1.96. The first-order valence-electron chi connectivity index (χ1n) is 5.83. The Bertz CT molecular complexity index is 558. The second-order valence-corrected chi connectivity index (χ2v) is 4.09. The molecule has 0 saturated carbocycles. The minimum absolute atomic E-state index is 0.00840. The van der Waals surface area contributed by atoms with Crippen molar-refractivity contribution in [1.29, 1.82) is 0 Å². The molecule has 0 saturated heterocycles. The molecule has 0 aliphatic heterocycles. The number of rotatable bonds is 3. The van der Waals surface area contributed by atoms with E-state index < -0.39 is 0 Å². The lowest BCUT2D eigenvalue weighted by molar-refractivity contribution is 0.879. The van der Waals surface area contributed by atoms with Gasteiger partial charge in [0.15, 0.2) is 0 Å². The third kappa shape index (κ3) is 2.61. The predicted molar refractivity (Wildman–Crippen MR) is 68.2 cm³/mol. The van der Waals surface area contributed by atoms with Crippen LogP contribution >= 0.6 is 0 Å². The molecule has 2 aromatic rings. The molecule has 0 atom stereocenters. The topological polar surface area (TPSA) is 45.8 Å². The Labute approximate surface area is 101 Å². The summed E-state index contributed by atoms with van der Waals surface area (Å²) in [5.41, 5.74) is 2.76. The van der Waals surface area contributed by atoms with E-state index in [1.165, 1.54) is 0 Å². The van der Waals surface area contributed by atoms with Crippen LogP contribution < -0.4 is 5.56 Å². The third-order valence-electron chi connectivity index (χ3n) is 2.84. The van der Waals surface area contributed by atoms with Crippen molar-refractivity contribution in [2.24, 2.45) is 0 Å². The van der Waals surface area contributed by atoms with Crippen LogP contribution in [-0.2, 0) is 12.8 Å². The quantitative estimate of drug-likeness (QED) is 0.875. The van der Waals surface area contributed by atoms with Crippen molar-refractivity contribution in [2.75, 3.05) is 0 Å². The average Bonchev–Trinajstić information content (AvgIpc) is 2.30. The molecule has 0 fully saturated rings. The van der Waals surface area contributed by atoms with Gasteiger partial charge < -0.3 is 4.98 Å². The molecule has 0 aliphatic rings. The molecule has 0 bridgehead atoms. The maximum Gasteiger partial charge on any atom is 0.254 e. The van der Waals surface area contributed by atoms with E-state index in [1.807, 2.05) is 44.2 Å². The van der Waals surface area contributed by atoms with Crippen LogP contribution in [0.4, 0.5) is 0 Å². The first-order valence-corrected chi connectivity index (χ1v) is 5.83. The normalized spacial score (nSPS) is 10.5. The van der Waals surface area contributed by atoms with Gasteiger partial charge in [-0.1, -0.05) is 37.3 Å². The van der Waals surface area contributed by atoms with Crippen molar-refractivity contribution in [3.63, 3.8) is 0 Å². The van der Waals surface area contributed by atoms with Gasteiger partial charge in [0.05, 0.1) is 0 Å². The van der Waals surface area contributed by atoms with Gasteiger partial charge in [-0.25, -0.2) is 4.98 Å². The maximum atomic E-state index is 11.8. The van der Waals surface area contributed by atoms with E-state index in [9.17, 15) is 4.79 Å². The summed E-state index contributed by atoms with van der Waals surface area (Å²) in [6.07, 6.45) is 1.39. The monoisotopic (exact) mass is 228 g/mol. The lowest BCUT2D eigenvalue weighted by atomic mass is 10.1. The van der Waals surface area contributed by atoms with Gasteiger partial charge in [0.1, 0.15) is 5.82 Å².